The van der Waals surface area contributed by atoms with Gasteiger partial charge >= 0.3 is 5.97 Å². The van der Waals surface area contributed by atoms with Crippen molar-refractivity contribution in [3.63, 3.8) is 0 Å². The molecule has 4 rings (SSSR count). The molecule has 3 aromatic rings. The number of carbonyl (C=O) groups is 1. The zero-order valence-corrected chi connectivity index (χ0v) is 18.5. The lowest BCUT2D eigenvalue weighted by molar-refractivity contribution is -0.147. The van der Waals surface area contributed by atoms with Crippen LogP contribution in [0.25, 0.3) is 5.69 Å². The van der Waals surface area contributed by atoms with Crippen LogP contribution in [0.2, 0.25) is 0 Å². The quantitative estimate of drug-likeness (QED) is 0.360. The smallest absolute Gasteiger partial charge is 0.316 e. The highest BCUT2D eigenvalue weighted by Gasteiger charge is 2.20. The number of ether oxygens (including phenoxy) is 2. The molecule has 1 fully saturated rings. The molecule has 0 N–H and O–H groups in total. The Morgan fingerprint density at radius 3 is 2.52 bits per heavy atom. The molecule has 1 heterocycles. The molecule has 2 aromatic carbocycles. The second-order valence-electron chi connectivity index (χ2n) is 7.71. The van der Waals surface area contributed by atoms with Gasteiger partial charge in [-0.1, -0.05) is 54.1 Å². The molecule has 0 amide bonds. The highest BCUT2D eigenvalue weighted by molar-refractivity contribution is 7.99. The van der Waals surface area contributed by atoms with E-state index < -0.39 is 0 Å². The summed E-state index contributed by atoms with van der Waals surface area (Å²) in [7, 11) is 0. The molecular weight excluding hydrogens is 410 g/mol. The van der Waals surface area contributed by atoms with Crippen molar-refractivity contribution in [2.45, 2.75) is 56.9 Å². The molecule has 1 saturated carbocycles. The SMILES string of the molecule is Cc1ccc(OCc2nnc(SCC(=O)OC3CCCCC3)n2-c2ccccc2)cc1. The maximum atomic E-state index is 12.4. The zero-order valence-electron chi connectivity index (χ0n) is 17.7. The number of thioether (sulfide) groups is 1. The van der Waals surface area contributed by atoms with Crippen LogP contribution in [0, 0.1) is 6.92 Å². The lowest BCUT2D eigenvalue weighted by atomic mass is 9.98. The van der Waals surface area contributed by atoms with E-state index in [1.54, 1.807) is 0 Å². The number of benzene rings is 2. The molecule has 31 heavy (non-hydrogen) atoms. The Bertz CT molecular complexity index is 983. The topological polar surface area (TPSA) is 66.2 Å². The van der Waals surface area contributed by atoms with Crippen LogP contribution in [-0.2, 0) is 16.1 Å². The van der Waals surface area contributed by atoms with Gasteiger partial charge in [0.25, 0.3) is 0 Å². The van der Waals surface area contributed by atoms with Gasteiger partial charge in [-0.25, -0.2) is 0 Å². The summed E-state index contributed by atoms with van der Waals surface area (Å²) in [5.41, 5.74) is 2.11. The van der Waals surface area contributed by atoms with Gasteiger partial charge in [-0.3, -0.25) is 9.36 Å². The normalized spacial score (nSPS) is 14.4. The van der Waals surface area contributed by atoms with E-state index >= 15 is 0 Å². The standard InChI is InChI=1S/C24H27N3O3S/c1-18-12-14-20(15-13-18)29-16-22-25-26-24(27(22)19-8-4-2-5-9-19)31-17-23(28)30-21-10-6-3-7-11-21/h2,4-5,8-9,12-15,21H,3,6-7,10-11,16-17H2,1H3. The number of esters is 1. The molecule has 0 saturated heterocycles. The van der Waals surface area contributed by atoms with Gasteiger partial charge in [0.1, 0.15) is 18.5 Å². The van der Waals surface area contributed by atoms with Gasteiger partial charge in [0.15, 0.2) is 11.0 Å². The number of hydrogen-bond donors (Lipinski definition) is 0. The summed E-state index contributed by atoms with van der Waals surface area (Å²) in [5, 5.41) is 9.31. The summed E-state index contributed by atoms with van der Waals surface area (Å²) < 4.78 is 13.5. The average Bonchev–Trinajstić information content (AvgIpc) is 3.21. The fraction of sp³-hybridized carbons (Fsp3) is 0.375. The predicted octanol–water partition coefficient (Wildman–Crippen LogP) is 5.12. The largest absolute Gasteiger partial charge is 0.486 e. The van der Waals surface area contributed by atoms with Crippen molar-refractivity contribution >= 4 is 17.7 Å². The molecule has 0 atom stereocenters. The Balaban J connectivity index is 1.45. The second-order valence-corrected chi connectivity index (χ2v) is 8.65. The van der Waals surface area contributed by atoms with E-state index in [0.29, 0.717) is 11.0 Å². The van der Waals surface area contributed by atoms with E-state index in [1.165, 1.54) is 23.7 Å². The third-order valence-corrected chi connectivity index (χ3v) is 6.18. The van der Waals surface area contributed by atoms with E-state index in [1.807, 2.05) is 66.1 Å². The Morgan fingerprint density at radius 1 is 1.03 bits per heavy atom. The second kappa shape index (κ2) is 10.5. The van der Waals surface area contributed by atoms with E-state index in [-0.39, 0.29) is 24.4 Å². The number of rotatable bonds is 8. The van der Waals surface area contributed by atoms with Crippen LogP contribution >= 0.6 is 11.8 Å². The summed E-state index contributed by atoms with van der Waals surface area (Å²) in [6, 6.07) is 17.8. The van der Waals surface area contributed by atoms with Gasteiger partial charge in [-0.2, -0.15) is 0 Å². The van der Waals surface area contributed by atoms with Gasteiger partial charge < -0.3 is 9.47 Å². The Hall–Kier alpha value is -2.80. The molecule has 0 spiro atoms. The number of aromatic nitrogens is 3. The van der Waals surface area contributed by atoms with Crippen LogP contribution in [0.3, 0.4) is 0 Å². The van der Waals surface area contributed by atoms with Gasteiger partial charge in [0.2, 0.25) is 0 Å². The van der Waals surface area contributed by atoms with Crippen LogP contribution < -0.4 is 4.74 Å². The van der Waals surface area contributed by atoms with Crippen LogP contribution in [-0.4, -0.2) is 32.6 Å². The summed E-state index contributed by atoms with van der Waals surface area (Å²) in [6.07, 6.45) is 5.51. The molecule has 0 bridgehead atoms. The summed E-state index contributed by atoms with van der Waals surface area (Å²) in [5.74, 6) is 1.46. The predicted molar refractivity (Wildman–Crippen MR) is 121 cm³/mol. The first-order valence-corrected chi connectivity index (χ1v) is 11.7. The van der Waals surface area contributed by atoms with Gasteiger partial charge in [0, 0.05) is 5.69 Å². The lowest BCUT2D eigenvalue weighted by Gasteiger charge is -2.21. The number of para-hydroxylation sites is 1. The van der Waals surface area contributed by atoms with E-state index in [2.05, 4.69) is 10.2 Å². The molecule has 1 aliphatic rings. The van der Waals surface area contributed by atoms with Crippen molar-refractivity contribution < 1.29 is 14.3 Å². The number of nitrogens with zero attached hydrogens (tertiary/aromatic N) is 3. The number of aryl methyl sites for hydroxylation is 1. The van der Waals surface area contributed by atoms with Crippen molar-refractivity contribution in [1.29, 1.82) is 0 Å². The number of hydrogen-bond acceptors (Lipinski definition) is 6. The van der Waals surface area contributed by atoms with Crippen molar-refractivity contribution in [2.75, 3.05) is 5.75 Å². The first kappa shape index (κ1) is 21.4. The first-order chi connectivity index (χ1) is 15.2. The van der Waals surface area contributed by atoms with Crippen molar-refractivity contribution in [1.82, 2.24) is 14.8 Å². The van der Waals surface area contributed by atoms with Gasteiger partial charge in [-0.05, 0) is 56.9 Å². The average molecular weight is 438 g/mol. The van der Waals surface area contributed by atoms with Crippen LogP contribution in [0.1, 0.15) is 43.5 Å². The molecule has 0 radical (unpaired) electrons. The van der Waals surface area contributed by atoms with Crippen molar-refractivity contribution in [2.24, 2.45) is 0 Å². The lowest BCUT2D eigenvalue weighted by Crippen LogP contribution is -2.22. The third-order valence-electron chi connectivity index (χ3n) is 5.27. The molecule has 1 aliphatic carbocycles. The monoisotopic (exact) mass is 437 g/mol. The minimum absolute atomic E-state index is 0.0623. The maximum absolute atomic E-state index is 12.4. The van der Waals surface area contributed by atoms with Crippen LogP contribution in [0.4, 0.5) is 0 Å². The number of carbonyl (C=O) groups excluding carboxylic acids is 1. The van der Waals surface area contributed by atoms with Gasteiger partial charge in [0.05, 0.1) is 5.75 Å². The van der Waals surface area contributed by atoms with E-state index in [0.717, 1.165) is 37.1 Å². The fourth-order valence-electron chi connectivity index (χ4n) is 3.63. The highest BCUT2D eigenvalue weighted by atomic mass is 32.2. The van der Waals surface area contributed by atoms with Crippen molar-refractivity contribution in [3.05, 3.63) is 66.0 Å². The molecule has 6 nitrogen and oxygen atoms in total. The fourth-order valence-corrected chi connectivity index (χ4v) is 4.39. The highest BCUT2D eigenvalue weighted by Crippen LogP contribution is 2.25. The summed E-state index contributed by atoms with van der Waals surface area (Å²) in [6.45, 7) is 2.32. The van der Waals surface area contributed by atoms with E-state index in [9.17, 15) is 4.79 Å². The minimum Gasteiger partial charge on any atom is -0.486 e. The molecule has 162 valence electrons. The third kappa shape index (κ3) is 5.88. The molecule has 0 unspecified atom stereocenters. The molecule has 1 aromatic heterocycles. The first-order valence-electron chi connectivity index (χ1n) is 10.7. The maximum Gasteiger partial charge on any atom is 0.316 e. The van der Waals surface area contributed by atoms with E-state index in [4.69, 9.17) is 9.47 Å². The molecule has 7 heteroatoms. The van der Waals surface area contributed by atoms with Crippen molar-refractivity contribution in [3.8, 4) is 11.4 Å². The molecular formula is C24H27N3O3S. The zero-order chi connectivity index (χ0) is 21.5. The van der Waals surface area contributed by atoms with Gasteiger partial charge in [-0.15, -0.1) is 10.2 Å². The minimum atomic E-state index is -0.197. The summed E-state index contributed by atoms with van der Waals surface area (Å²) >= 11 is 1.34. The van der Waals surface area contributed by atoms with Crippen LogP contribution in [0.5, 0.6) is 5.75 Å². The summed E-state index contributed by atoms with van der Waals surface area (Å²) in [4.78, 5) is 12.4. The Kier molecular flexibility index (Phi) is 7.25. The Labute approximate surface area is 187 Å². The Morgan fingerprint density at radius 2 is 1.77 bits per heavy atom. The molecule has 0 aliphatic heterocycles. The van der Waals surface area contributed by atoms with Crippen LogP contribution in [0.15, 0.2) is 59.8 Å².